The summed E-state index contributed by atoms with van der Waals surface area (Å²) in [4.78, 5) is 4.23. The number of hydrogen-bond donors (Lipinski definition) is 1. The Balaban J connectivity index is 1.83. The molecule has 2 aromatic heterocycles. The second kappa shape index (κ2) is 6.41. The molecule has 5 heteroatoms. The molecule has 3 rings (SSSR count). The summed E-state index contributed by atoms with van der Waals surface area (Å²) >= 11 is 0. The number of aliphatic hydroxyl groups is 1. The zero-order chi connectivity index (χ0) is 15.4. The van der Waals surface area contributed by atoms with Gasteiger partial charge in [0.1, 0.15) is 5.75 Å². The summed E-state index contributed by atoms with van der Waals surface area (Å²) in [6.45, 7) is -0.131. The van der Waals surface area contributed by atoms with E-state index in [2.05, 4.69) is 10.1 Å². The van der Waals surface area contributed by atoms with Crippen LogP contribution in [0.1, 0.15) is 11.8 Å². The van der Waals surface area contributed by atoms with Crippen LogP contribution in [0.5, 0.6) is 5.75 Å². The number of pyridine rings is 1. The highest BCUT2D eigenvalue weighted by molar-refractivity contribution is 5.63. The first-order valence-corrected chi connectivity index (χ1v) is 7.04. The standard InChI is InChI=1S/C17H17N3O2/c1-20-11-14(10-19-20)13-5-4-6-15(9-13)22-17(12-21)16-7-2-3-8-18-16/h2-11,17,21H,12H2,1H3. The van der Waals surface area contributed by atoms with Crippen molar-refractivity contribution in [2.45, 2.75) is 6.10 Å². The Kier molecular flexibility index (Phi) is 4.16. The minimum atomic E-state index is -0.481. The third-order valence-electron chi connectivity index (χ3n) is 3.33. The van der Waals surface area contributed by atoms with Crippen LogP contribution in [0, 0.1) is 0 Å². The Labute approximate surface area is 128 Å². The van der Waals surface area contributed by atoms with E-state index in [1.807, 2.05) is 55.7 Å². The molecule has 0 aliphatic heterocycles. The number of rotatable bonds is 5. The molecule has 3 aromatic rings. The molecule has 1 atom stereocenters. The van der Waals surface area contributed by atoms with Crippen molar-refractivity contribution in [2.24, 2.45) is 7.05 Å². The quantitative estimate of drug-likeness (QED) is 0.786. The van der Waals surface area contributed by atoms with Crippen LogP contribution in [-0.2, 0) is 7.05 Å². The lowest BCUT2D eigenvalue weighted by molar-refractivity contribution is 0.113. The van der Waals surface area contributed by atoms with Crippen LogP contribution in [0.2, 0.25) is 0 Å². The van der Waals surface area contributed by atoms with Gasteiger partial charge in [0.05, 0.1) is 18.5 Å². The van der Waals surface area contributed by atoms with Gasteiger partial charge < -0.3 is 9.84 Å². The van der Waals surface area contributed by atoms with Gasteiger partial charge in [0.2, 0.25) is 0 Å². The predicted molar refractivity (Wildman–Crippen MR) is 83.3 cm³/mol. The first-order chi connectivity index (χ1) is 10.8. The van der Waals surface area contributed by atoms with Gasteiger partial charge in [0.25, 0.3) is 0 Å². The minimum Gasteiger partial charge on any atom is -0.482 e. The fourth-order valence-electron chi connectivity index (χ4n) is 2.24. The second-order valence-corrected chi connectivity index (χ2v) is 4.97. The van der Waals surface area contributed by atoms with Crippen molar-refractivity contribution in [1.29, 1.82) is 0 Å². The van der Waals surface area contributed by atoms with Crippen LogP contribution in [0.4, 0.5) is 0 Å². The highest BCUT2D eigenvalue weighted by Gasteiger charge is 2.13. The Hall–Kier alpha value is -2.66. The molecular formula is C17H17N3O2. The molecule has 1 aromatic carbocycles. The molecule has 0 saturated heterocycles. The number of benzene rings is 1. The molecule has 0 amide bonds. The lowest BCUT2D eigenvalue weighted by Crippen LogP contribution is -2.13. The van der Waals surface area contributed by atoms with E-state index in [9.17, 15) is 5.11 Å². The molecule has 0 aliphatic carbocycles. The van der Waals surface area contributed by atoms with E-state index in [-0.39, 0.29) is 6.61 Å². The lowest BCUT2D eigenvalue weighted by atomic mass is 10.1. The highest BCUT2D eigenvalue weighted by Crippen LogP contribution is 2.26. The molecular weight excluding hydrogens is 278 g/mol. The zero-order valence-corrected chi connectivity index (χ0v) is 12.3. The number of hydrogen-bond acceptors (Lipinski definition) is 4. The van der Waals surface area contributed by atoms with Crippen molar-refractivity contribution in [3.05, 3.63) is 66.7 Å². The van der Waals surface area contributed by atoms with Crippen molar-refractivity contribution in [3.8, 4) is 16.9 Å². The molecule has 0 fully saturated rings. The van der Waals surface area contributed by atoms with E-state index in [0.717, 1.165) is 11.1 Å². The van der Waals surface area contributed by atoms with E-state index in [0.29, 0.717) is 11.4 Å². The van der Waals surface area contributed by atoms with Crippen LogP contribution >= 0.6 is 0 Å². The molecule has 1 unspecified atom stereocenters. The van der Waals surface area contributed by atoms with E-state index >= 15 is 0 Å². The monoisotopic (exact) mass is 295 g/mol. The van der Waals surface area contributed by atoms with Crippen molar-refractivity contribution in [2.75, 3.05) is 6.61 Å². The van der Waals surface area contributed by atoms with Gasteiger partial charge in [0.15, 0.2) is 6.10 Å². The first-order valence-electron chi connectivity index (χ1n) is 7.04. The third-order valence-corrected chi connectivity index (χ3v) is 3.33. The van der Waals surface area contributed by atoms with E-state index < -0.39 is 6.10 Å². The topological polar surface area (TPSA) is 60.2 Å². The fourth-order valence-corrected chi connectivity index (χ4v) is 2.24. The van der Waals surface area contributed by atoms with Gasteiger partial charge in [-0.1, -0.05) is 18.2 Å². The van der Waals surface area contributed by atoms with Crippen LogP contribution in [0.3, 0.4) is 0 Å². The van der Waals surface area contributed by atoms with Crippen LogP contribution < -0.4 is 4.74 Å². The molecule has 22 heavy (non-hydrogen) atoms. The SMILES string of the molecule is Cn1cc(-c2cccc(OC(CO)c3ccccn3)c2)cn1. The van der Waals surface area contributed by atoms with E-state index in [1.165, 1.54) is 0 Å². The minimum absolute atomic E-state index is 0.131. The molecule has 0 saturated carbocycles. The second-order valence-electron chi connectivity index (χ2n) is 4.97. The van der Waals surface area contributed by atoms with Crippen molar-refractivity contribution in [3.63, 3.8) is 0 Å². The Bertz CT molecular complexity index is 740. The molecule has 2 heterocycles. The average Bonchev–Trinajstić information content (AvgIpc) is 3.00. The maximum absolute atomic E-state index is 9.55. The van der Waals surface area contributed by atoms with Gasteiger partial charge in [0, 0.05) is 25.0 Å². The Morgan fingerprint density at radius 1 is 1.18 bits per heavy atom. The molecule has 112 valence electrons. The fraction of sp³-hybridized carbons (Fsp3) is 0.176. The molecule has 0 radical (unpaired) electrons. The number of aryl methyl sites for hydroxylation is 1. The van der Waals surface area contributed by atoms with Gasteiger partial charge in [-0.25, -0.2) is 0 Å². The van der Waals surface area contributed by atoms with Gasteiger partial charge in [-0.15, -0.1) is 0 Å². The van der Waals surface area contributed by atoms with Crippen molar-refractivity contribution < 1.29 is 9.84 Å². The van der Waals surface area contributed by atoms with Crippen molar-refractivity contribution >= 4 is 0 Å². The van der Waals surface area contributed by atoms with Crippen LogP contribution in [-0.4, -0.2) is 26.5 Å². The Morgan fingerprint density at radius 2 is 2.09 bits per heavy atom. The summed E-state index contributed by atoms with van der Waals surface area (Å²) < 4.78 is 7.64. The smallest absolute Gasteiger partial charge is 0.163 e. The Morgan fingerprint density at radius 3 is 2.77 bits per heavy atom. The summed E-state index contributed by atoms with van der Waals surface area (Å²) in [6, 6.07) is 13.3. The van der Waals surface area contributed by atoms with Gasteiger partial charge in [-0.2, -0.15) is 5.10 Å². The van der Waals surface area contributed by atoms with Crippen molar-refractivity contribution in [1.82, 2.24) is 14.8 Å². The van der Waals surface area contributed by atoms with Crippen LogP contribution in [0.15, 0.2) is 61.1 Å². The summed E-state index contributed by atoms with van der Waals surface area (Å²) in [5, 5.41) is 13.7. The third kappa shape index (κ3) is 3.15. The number of ether oxygens (including phenoxy) is 1. The summed E-state index contributed by atoms with van der Waals surface area (Å²) in [5.74, 6) is 0.686. The maximum atomic E-state index is 9.55. The summed E-state index contributed by atoms with van der Waals surface area (Å²) in [6.07, 6.45) is 4.96. The van der Waals surface area contributed by atoms with Gasteiger partial charge >= 0.3 is 0 Å². The van der Waals surface area contributed by atoms with Crippen LogP contribution in [0.25, 0.3) is 11.1 Å². The summed E-state index contributed by atoms with van der Waals surface area (Å²) in [7, 11) is 1.88. The molecule has 0 bridgehead atoms. The largest absolute Gasteiger partial charge is 0.482 e. The predicted octanol–water partition coefficient (Wildman–Crippen LogP) is 2.59. The molecule has 0 aliphatic rings. The van der Waals surface area contributed by atoms with Gasteiger partial charge in [-0.3, -0.25) is 9.67 Å². The van der Waals surface area contributed by atoms with E-state index in [1.54, 1.807) is 17.1 Å². The normalized spacial score (nSPS) is 12.1. The maximum Gasteiger partial charge on any atom is 0.163 e. The molecule has 1 N–H and O–H groups in total. The number of aliphatic hydroxyl groups excluding tert-OH is 1. The van der Waals surface area contributed by atoms with E-state index in [4.69, 9.17) is 4.74 Å². The van der Waals surface area contributed by atoms with Gasteiger partial charge in [-0.05, 0) is 29.8 Å². The summed E-state index contributed by atoms with van der Waals surface area (Å²) in [5.41, 5.74) is 2.74. The zero-order valence-electron chi connectivity index (χ0n) is 12.3. The molecule has 0 spiro atoms. The first kappa shape index (κ1) is 14.3. The molecule has 5 nitrogen and oxygen atoms in total. The number of aromatic nitrogens is 3. The average molecular weight is 295 g/mol. The number of nitrogens with zero attached hydrogens (tertiary/aromatic N) is 3. The lowest BCUT2D eigenvalue weighted by Gasteiger charge is -2.16. The highest BCUT2D eigenvalue weighted by atomic mass is 16.5.